The lowest BCUT2D eigenvalue weighted by Crippen LogP contribution is -2.54. The van der Waals surface area contributed by atoms with E-state index < -0.39 is 17.8 Å². The molecular formula is C27H53NO7. The molecule has 0 aromatic heterocycles. The molecule has 1 fully saturated rings. The molecule has 0 aliphatic carbocycles. The minimum atomic E-state index is -1.34. The van der Waals surface area contributed by atoms with Crippen molar-refractivity contribution in [2.75, 3.05) is 27.3 Å². The highest BCUT2D eigenvalue weighted by atomic mass is 16.7. The van der Waals surface area contributed by atoms with Crippen LogP contribution in [0, 0.1) is 23.7 Å². The van der Waals surface area contributed by atoms with Crippen LogP contribution >= 0.6 is 0 Å². The summed E-state index contributed by atoms with van der Waals surface area (Å²) in [6.45, 7) is 14.3. The van der Waals surface area contributed by atoms with E-state index in [-0.39, 0.29) is 48.9 Å². The summed E-state index contributed by atoms with van der Waals surface area (Å²) in [4.78, 5) is 13.6. The molecule has 1 rings (SSSR count). The molecule has 0 spiro atoms. The average Bonchev–Trinajstić information content (AvgIpc) is 2.74. The molecule has 1 aliphatic rings. The minimum absolute atomic E-state index is 0.0174. The van der Waals surface area contributed by atoms with Gasteiger partial charge in [0.15, 0.2) is 6.29 Å². The van der Waals surface area contributed by atoms with E-state index in [4.69, 9.17) is 14.2 Å². The number of hydrogen-bond donors (Lipinski definition) is 3. The van der Waals surface area contributed by atoms with Crippen LogP contribution in [-0.2, 0) is 19.0 Å². The van der Waals surface area contributed by atoms with Crippen LogP contribution in [0.15, 0.2) is 0 Å². The summed E-state index contributed by atoms with van der Waals surface area (Å²) in [7, 11) is 3.40. The molecule has 0 amide bonds. The van der Waals surface area contributed by atoms with Crippen molar-refractivity contribution in [2.24, 2.45) is 23.7 Å². The third-order valence-electron chi connectivity index (χ3n) is 7.46. The first-order valence-electron chi connectivity index (χ1n) is 13.3. The number of methoxy groups -OCH3 is 1. The van der Waals surface area contributed by atoms with Crippen molar-refractivity contribution in [3.8, 4) is 0 Å². The summed E-state index contributed by atoms with van der Waals surface area (Å²) in [5.41, 5.74) is -1.34. The van der Waals surface area contributed by atoms with E-state index >= 15 is 0 Å². The Morgan fingerprint density at radius 2 is 1.77 bits per heavy atom. The molecule has 0 aromatic rings. The van der Waals surface area contributed by atoms with Crippen molar-refractivity contribution in [2.45, 2.75) is 116 Å². The molecule has 1 heterocycles. The van der Waals surface area contributed by atoms with E-state index in [1.807, 2.05) is 39.6 Å². The zero-order chi connectivity index (χ0) is 26.9. The normalized spacial score (nSPS) is 29.0. The number of hydrogen-bond acceptors (Lipinski definition) is 8. The fraction of sp³-hybridized carbons (Fsp3) is 0.963. The summed E-state index contributed by atoms with van der Waals surface area (Å²) < 4.78 is 17.3. The van der Waals surface area contributed by atoms with Crippen LogP contribution in [-0.4, -0.2) is 96.2 Å². The van der Waals surface area contributed by atoms with Crippen molar-refractivity contribution >= 4 is 6.29 Å². The molecule has 1 saturated heterocycles. The maximum atomic E-state index is 11.6. The van der Waals surface area contributed by atoms with Gasteiger partial charge in [0.1, 0.15) is 11.9 Å². The van der Waals surface area contributed by atoms with Crippen LogP contribution in [0.4, 0.5) is 0 Å². The lowest BCUT2D eigenvalue weighted by molar-refractivity contribution is -0.234. The minimum Gasteiger partial charge on any atom is -0.393 e. The number of aldehydes is 1. The average molecular weight is 504 g/mol. The van der Waals surface area contributed by atoms with Gasteiger partial charge < -0.3 is 39.2 Å². The van der Waals surface area contributed by atoms with Gasteiger partial charge in [-0.2, -0.15) is 0 Å². The quantitative estimate of drug-likeness (QED) is 0.276. The van der Waals surface area contributed by atoms with E-state index in [0.29, 0.717) is 25.3 Å². The van der Waals surface area contributed by atoms with Crippen LogP contribution in [0.2, 0.25) is 0 Å². The number of aliphatic hydroxyl groups excluding tert-OH is 2. The first-order valence-corrected chi connectivity index (χ1v) is 13.3. The van der Waals surface area contributed by atoms with E-state index in [9.17, 15) is 20.1 Å². The highest BCUT2D eigenvalue weighted by molar-refractivity contribution is 5.53. The highest BCUT2D eigenvalue weighted by Crippen LogP contribution is 2.30. The first-order chi connectivity index (χ1) is 16.2. The summed E-state index contributed by atoms with van der Waals surface area (Å²) in [5.74, 6) is 0.361. The van der Waals surface area contributed by atoms with Gasteiger partial charge in [-0.05, 0) is 64.8 Å². The highest BCUT2D eigenvalue weighted by Gasteiger charge is 2.37. The van der Waals surface area contributed by atoms with E-state index in [2.05, 4.69) is 13.8 Å². The smallest absolute Gasteiger partial charge is 0.158 e. The van der Waals surface area contributed by atoms with Gasteiger partial charge in [0.25, 0.3) is 0 Å². The molecule has 208 valence electrons. The maximum absolute atomic E-state index is 11.6. The summed E-state index contributed by atoms with van der Waals surface area (Å²) >= 11 is 0. The molecule has 0 bridgehead atoms. The molecule has 0 saturated carbocycles. The van der Waals surface area contributed by atoms with Crippen molar-refractivity contribution in [3.63, 3.8) is 0 Å². The van der Waals surface area contributed by atoms with Gasteiger partial charge in [0.05, 0.1) is 31.0 Å². The number of rotatable bonds is 16. The number of likely N-dealkylation sites (N-methyl/N-ethyl adjacent to an activating group) is 1. The molecule has 8 nitrogen and oxygen atoms in total. The molecule has 0 radical (unpaired) electrons. The number of carbonyl (C=O) groups is 1. The molecule has 35 heavy (non-hydrogen) atoms. The van der Waals surface area contributed by atoms with Gasteiger partial charge in [-0.1, -0.05) is 27.7 Å². The van der Waals surface area contributed by atoms with Crippen molar-refractivity contribution in [3.05, 3.63) is 0 Å². The maximum Gasteiger partial charge on any atom is 0.158 e. The summed E-state index contributed by atoms with van der Waals surface area (Å²) in [6.07, 6.45) is 1.83. The SMILES string of the molecule is COC[C@@](C)(O)C(O)C(C)N(C)C[C@H](C)CC(O)CC(C)[C@H](O[C@H]1CC(C)CC(C)O1)C(C)C=O. The van der Waals surface area contributed by atoms with Gasteiger partial charge in [-0.3, -0.25) is 0 Å². The van der Waals surface area contributed by atoms with E-state index in [1.54, 1.807) is 6.92 Å². The van der Waals surface area contributed by atoms with Gasteiger partial charge in [-0.25, -0.2) is 0 Å². The van der Waals surface area contributed by atoms with E-state index in [0.717, 1.165) is 19.1 Å². The monoisotopic (exact) mass is 503 g/mol. The van der Waals surface area contributed by atoms with Crippen LogP contribution in [0.1, 0.15) is 74.1 Å². The molecular weight excluding hydrogens is 450 g/mol. The Kier molecular flexibility index (Phi) is 13.9. The first kappa shape index (κ1) is 32.4. The Hall–Kier alpha value is -0.610. The van der Waals surface area contributed by atoms with Crippen molar-refractivity contribution in [1.29, 1.82) is 0 Å². The van der Waals surface area contributed by atoms with Crippen LogP contribution in [0.3, 0.4) is 0 Å². The third kappa shape index (κ3) is 10.7. The Morgan fingerprint density at radius 3 is 2.31 bits per heavy atom. The van der Waals surface area contributed by atoms with Crippen LogP contribution in [0.5, 0.6) is 0 Å². The Bertz CT molecular complexity index is 594. The molecule has 11 atom stereocenters. The lowest BCUT2D eigenvalue weighted by atomic mass is 9.87. The van der Waals surface area contributed by atoms with Crippen molar-refractivity contribution < 1.29 is 34.3 Å². The van der Waals surface area contributed by atoms with Gasteiger partial charge in [-0.15, -0.1) is 0 Å². The molecule has 3 N–H and O–H groups in total. The summed E-state index contributed by atoms with van der Waals surface area (Å²) in [6, 6.07) is -0.287. The largest absolute Gasteiger partial charge is 0.393 e. The molecule has 0 aromatic carbocycles. The predicted octanol–water partition coefficient (Wildman–Crippen LogP) is 2.86. The lowest BCUT2D eigenvalue weighted by Gasteiger charge is -2.38. The molecule has 7 unspecified atom stereocenters. The fourth-order valence-corrected chi connectivity index (χ4v) is 5.47. The number of ether oxygens (including phenoxy) is 3. The second kappa shape index (κ2) is 15.0. The number of carbonyl (C=O) groups excluding carboxylic acids is 1. The Labute approximate surface area is 213 Å². The topological polar surface area (TPSA) is 109 Å². The second-order valence-electron chi connectivity index (χ2n) is 11.7. The zero-order valence-electron chi connectivity index (χ0n) is 23.5. The van der Waals surface area contributed by atoms with Gasteiger partial charge in [0.2, 0.25) is 0 Å². The predicted molar refractivity (Wildman–Crippen MR) is 137 cm³/mol. The fourth-order valence-electron chi connectivity index (χ4n) is 5.47. The molecule has 1 aliphatic heterocycles. The number of aliphatic hydroxyl groups is 3. The summed E-state index contributed by atoms with van der Waals surface area (Å²) in [5, 5.41) is 31.9. The van der Waals surface area contributed by atoms with Crippen molar-refractivity contribution in [1.82, 2.24) is 4.90 Å². The van der Waals surface area contributed by atoms with Crippen LogP contribution in [0.25, 0.3) is 0 Å². The van der Waals surface area contributed by atoms with Gasteiger partial charge in [0, 0.05) is 32.0 Å². The van der Waals surface area contributed by atoms with E-state index in [1.165, 1.54) is 7.11 Å². The second-order valence-corrected chi connectivity index (χ2v) is 11.7. The standard InChI is InChI=1S/C27H53NO7/c1-17-10-21(5)34-24(12-17)35-25(20(4)15-29)19(3)13-23(30)11-18(2)14-28(8)22(6)26(31)27(7,32)16-33-9/h15,17-26,30-32H,10-14,16H2,1-9H3/t17?,18-,19?,20?,21?,22?,23?,24+,25+,26?,27-/m1/s1. The Morgan fingerprint density at radius 1 is 1.14 bits per heavy atom. The number of nitrogens with zero attached hydrogens (tertiary/aromatic N) is 1. The Balaban J connectivity index is 2.64. The zero-order valence-corrected chi connectivity index (χ0v) is 23.5. The third-order valence-corrected chi connectivity index (χ3v) is 7.46. The van der Waals surface area contributed by atoms with Crippen LogP contribution < -0.4 is 0 Å². The van der Waals surface area contributed by atoms with Gasteiger partial charge >= 0.3 is 0 Å². The molecule has 8 heteroatoms.